The summed E-state index contributed by atoms with van der Waals surface area (Å²) in [5.74, 6) is 0.913. The molecule has 0 saturated carbocycles. The molecule has 1 aliphatic rings. The molecule has 0 aromatic heterocycles. The maximum Gasteiger partial charge on any atom is 0.0617 e. The first-order valence-corrected chi connectivity index (χ1v) is 6.15. The molecule has 1 heterocycles. The molecule has 0 amide bonds. The monoisotopic (exact) mass is 183 g/mol. The van der Waals surface area contributed by atoms with E-state index in [2.05, 4.69) is 0 Å². The number of rotatable bonds is 1. The second-order valence-corrected chi connectivity index (χ2v) is 6.10. The van der Waals surface area contributed by atoms with E-state index in [0.29, 0.717) is 4.58 Å². The van der Waals surface area contributed by atoms with Crippen LogP contribution in [0.4, 0.5) is 0 Å². The zero-order valence-electron chi connectivity index (χ0n) is 4.33. The Kier molecular flexibility index (Phi) is 3.99. The van der Waals surface area contributed by atoms with Crippen LogP contribution in [0.3, 0.4) is 0 Å². The Hall–Kier alpha value is 1.40. The molecule has 4 heteroatoms. The van der Waals surface area contributed by atoms with Crippen molar-refractivity contribution in [1.29, 1.82) is 0 Å². The molecule has 0 bridgehead atoms. The standard InChI is InChI=1S/C4H7S4/c5-1-4-7-2-6-3-8-4/h4H,1-3H2. The predicted octanol–water partition coefficient (Wildman–Crippen LogP) is 2.64. The van der Waals surface area contributed by atoms with E-state index in [1.54, 1.807) is 0 Å². The molecule has 0 spiro atoms. The summed E-state index contributed by atoms with van der Waals surface area (Å²) < 4.78 is 0.714. The Bertz CT molecular complexity index is 59.1. The van der Waals surface area contributed by atoms with E-state index in [-0.39, 0.29) is 0 Å². The van der Waals surface area contributed by atoms with Gasteiger partial charge in [-0.2, -0.15) is 0 Å². The average Bonchev–Trinajstić information content (AvgIpc) is 1.90. The van der Waals surface area contributed by atoms with Crippen molar-refractivity contribution in [2.75, 3.05) is 15.9 Å². The van der Waals surface area contributed by atoms with Crippen LogP contribution in [0.1, 0.15) is 0 Å². The van der Waals surface area contributed by atoms with Crippen LogP contribution in [0.2, 0.25) is 0 Å². The van der Waals surface area contributed by atoms with Crippen molar-refractivity contribution >= 4 is 47.9 Å². The molecule has 0 atom stereocenters. The van der Waals surface area contributed by atoms with Gasteiger partial charge in [-0.3, -0.25) is 0 Å². The van der Waals surface area contributed by atoms with Crippen molar-refractivity contribution in [3.05, 3.63) is 0 Å². The molecule has 1 fully saturated rings. The first kappa shape index (κ1) is 7.51. The summed E-state index contributed by atoms with van der Waals surface area (Å²) in [5, 5.41) is 2.49. The van der Waals surface area contributed by atoms with Crippen molar-refractivity contribution in [2.45, 2.75) is 4.58 Å². The third kappa shape index (κ3) is 2.33. The van der Waals surface area contributed by atoms with E-state index in [1.165, 1.54) is 10.2 Å². The molecule has 1 aliphatic heterocycles. The topological polar surface area (TPSA) is 0 Å². The minimum atomic E-state index is 0.714. The molecule has 1 saturated heterocycles. The number of hydrogen-bond donors (Lipinski definition) is 0. The summed E-state index contributed by atoms with van der Waals surface area (Å²) in [5.41, 5.74) is 0. The van der Waals surface area contributed by atoms with Gasteiger partial charge in [-0.25, -0.2) is 0 Å². The van der Waals surface area contributed by atoms with Gasteiger partial charge in [0.1, 0.15) is 0 Å². The van der Waals surface area contributed by atoms with E-state index >= 15 is 0 Å². The van der Waals surface area contributed by atoms with Crippen molar-refractivity contribution in [2.24, 2.45) is 0 Å². The molecular weight excluding hydrogens is 176 g/mol. The van der Waals surface area contributed by atoms with Gasteiger partial charge >= 0.3 is 0 Å². The van der Waals surface area contributed by atoms with Crippen LogP contribution in [0, 0.1) is 0 Å². The molecular formula is C4H7S4. The fraction of sp³-hybridized carbons (Fsp3) is 1.00. The van der Waals surface area contributed by atoms with Gasteiger partial charge in [0.25, 0.3) is 0 Å². The van der Waals surface area contributed by atoms with Crippen LogP contribution in [0.15, 0.2) is 0 Å². The Balaban J connectivity index is 2.13. The van der Waals surface area contributed by atoms with Crippen LogP contribution < -0.4 is 0 Å². The summed E-state index contributed by atoms with van der Waals surface area (Å²) >= 11 is 10.9. The Morgan fingerprint density at radius 3 is 2.38 bits per heavy atom. The van der Waals surface area contributed by atoms with Crippen molar-refractivity contribution in [3.8, 4) is 0 Å². The highest BCUT2D eigenvalue weighted by Gasteiger charge is 2.11. The molecule has 1 rings (SSSR count). The predicted molar refractivity (Wildman–Crippen MR) is 48.8 cm³/mol. The third-order valence-electron chi connectivity index (χ3n) is 0.811. The lowest BCUT2D eigenvalue weighted by Crippen LogP contribution is -2.03. The summed E-state index contributed by atoms with van der Waals surface area (Å²) in [6.07, 6.45) is 0. The average molecular weight is 183 g/mol. The molecule has 1 radical (unpaired) electrons. The normalized spacial score (nSPS) is 23.6. The molecule has 0 aromatic carbocycles. The van der Waals surface area contributed by atoms with Gasteiger partial charge in [0.05, 0.1) is 4.58 Å². The minimum Gasteiger partial charge on any atom is -0.140 e. The van der Waals surface area contributed by atoms with Gasteiger partial charge in [0.2, 0.25) is 0 Å². The smallest absolute Gasteiger partial charge is 0.0617 e. The highest BCUT2D eigenvalue weighted by molar-refractivity contribution is 8.32. The van der Waals surface area contributed by atoms with E-state index in [4.69, 9.17) is 12.6 Å². The summed E-state index contributed by atoms with van der Waals surface area (Å²) in [4.78, 5) is 0. The van der Waals surface area contributed by atoms with Crippen molar-refractivity contribution in [1.82, 2.24) is 0 Å². The van der Waals surface area contributed by atoms with Gasteiger partial charge in [-0.1, -0.05) is 12.6 Å². The molecule has 0 aliphatic carbocycles. The lowest BCUT2D eigenvalue weighted by Gasteiger charge is -2.17. The Morgan fingerprint density at radius 1 is 1.38 bits per heavy atom. The van der Waals surface area contributed by atoms with Crippen molar-refractivity contribution < 1.29 is 0 Å². The van der Waals surface area contributed by atoms with E-state index in [0.717, 1.165) is 5.75 Å². The first-order valence-electron chi connectivity index (χ1n) is 2.32. The van der Waals surface area contributed by atoms with E-state index in [9.17, 15) is 0 Å². The lowest BCUT2D eigenvalue weighted by atomic mass is 10.9. The van der Waals surface area contributed by atoms with E-state index < -0.39 is 0 Å². The van der Waals surface area contributed by atoms with Gasteiger partial charge in [-0.15, -0.1) is 35.3 Å². The third-order valence-corrected chi connectivity index (χ3v) is 5.88. The second kappa shape index (κ2) is 4.25. The molecule has 8 heavy (non-hydrogen) atoms. The maximum atomic E-state index is 4.92. The van der Waals surface area contributed by atoms with Crippen molar-refractivity contribution in [3.63, 3.8) is 0 Å². The lowest BCUT2D eigenvalue weighted by molar-refractivity contribution is 1.46. The largest absolute Gasteiger partial charge is 0.140 e. The second-order valence-electron chi connectivity index (χ2n) is 1.37. The molecule has 0 N–H and O–H groups in total. The maximum absolute atomic E-state index is 4.92. The van der Waals surface area contributed by atoms with Crippen LogP contribution in [-0.4, -0.2) is 20.5 Å². The van der Waals surface area contributed by atoms with Gasteiger partial charge in [0, 0.05) is 15.9 Å². The summed E-state index contributed by atoms with van der Waals surface area (Å²) in [6, 6.07) is 0. The van der Waals surface area contributed by atoms with Gasteiger partial charge in [0.15, 0.2) is 0 Å². The fourth-order valence-electron chi connectivity index (χ4n) is 0.426. The highest BCUT2D eigenvalue weighted by Crippen LogP contribution is 2.35. The Labute approximate surface area is 68.4 Å². The minimum absolute atomic E-state index is 0.714. The van der Waals surface area contributed by atoms with Gasteiger partial charge < -0.3 is 0 Å². The summed E-state index contributed by atoms with van der Waals surface area (Å²) in [7, 11) is 0. The summed E-state index contributed by atoms with van der Waals surface area (Å²) in [6.45, 7) is 0. The fourth-order valence-corrected chi connectivity index (χ4v) is 5.45. The van der Waals surface area contributed by atoms with Crippen LogP contribution in [-0.2, 0) is 0 Å². The van der Waals surface area contributed by atoms with Crippen LogP contribution >= 0.6 is 47.9 Å². The Morgan fingerprint density at radius 2 is 2.00 bits per heavy atom. The first-order chi connectivity index (χ1) is 3.93. The zero-order chi connectivity index (χ0) is 5.82. The highest BCUT2D eigenvalue weighted by atomic mass is 32.3. The van der Waals surface area contributed by atoms with Crippen LogP contribution in [0.25, 0.3) is 0 Å². The quantitative estimate of drug-likeness (QED) is 0.613. The molecule has 47 valence electrons. The van der Waals surface area contributed by atoms with Crippen LogP contribution in [0.5, 0.6) is 0 Å². The molecule has 0 nitrogen and oxygen atoms in total. The molecule has 0 unspecified atom stereocenters. The van der Waals surface area contributed by atoms with E-state index in [1.807, 2.05) is 35.3 Å². The number of hydrogen-bond acceptors (Lipinski definition) is 3. The number of thioether (sulfide) groups is 3. The SMILES string of the molecule is [S]CC1SCSCS1. The zero-order valence-corrected chi connectivity index (χ0v) is 7.60. The van der Waals surface area contributed by atoms with Gasteiger partial charge in [-0.05, 0) is 0 Å². The molecule has 0 aromatic rings.